The van der Waals surface area contributed by atoms with E-state index in [1.54, 1.807) is 0 Å². The maximum absolute atomic E-state index is 13.2. The number of hydrogen-bond donors (Lipinski definition) is 0. The SMILES string of the molecule is Cc1nn2c(C(F)(F)F)c3c(nc2c1C#N)CCC3. The number of aromatic nitrogens is 3. The summed E-state index contributed by atoms with van der Waals surface area (Å²) in [6, 6.07) is 1.87. The molecule has 4 nitrogen and oxygen atoms in total. The first-order chi connectivity index (χ1) is 8.93. The second-order valence-corrected chi connectivity index (χ2v) is 4.54. The summed E-state index contributed by atoms with van der Waals surface area (Å²) in [4.78, 5) is 4.20. The normalized spacial score (nSPS) is 14.7. The molecule has 0 radical (unpaired) electrons. The van der Waals surface area contributed by atoms with Crippen molar-refractivity contribution in [1.29, 1.82) is 5.26 Å². The molecule has 19 heavy (non-hydrogen) atoms. The third-order valence-corrected chi connectivity index (χ3v) is 3.34. The molecule has 0 amide bonds. The standard InChI is InChI=1S/C12H9F3N4/c1-6-8(5-16)11-17-9-4-2-3-7(9)10(12(13,14)15)19(11)18-6/h2-4H2,1H3. The predicted octanol–water partition coefficient (Wildman–Crippen LogP) is 2.42. The van der Waals surface area contributed by atoms with Crippen molar-refractivity contribution in [2.45, 2.75) is 32.4 Å². The average Bonchev–Trinajstić information content (AvgIpc) is 2.86. The minimum absolute atomic E-state index is 0.00738. The molecule has 0 aromatic carbocycles. The highest BCUT2D eigenvalue weighted by molar-refractivity contribution is 5.59. The fraction of sp³-hybridized carbons (Fsp3) is 0.417. The number of nitriles is 1. The third kappa shape index (κ3) is 1.59. The molecule has 0 saturated heterocycles. The second-order valence-electron chi connectivity index (χ2n) is 4.54. The van der Waals surface area contributed by atoms with Crippen LogP contribution in [-0.2, 0) is 19.0 Å². The molecule has 0 fully saturated rings. The van der Waals surface area contributed by atoms with Gasteiger partial charge in [0.15, 0.2) is 11.3 Å². The number of halogens is 3. The summed E-state index contributed by atoms with van der Waals surface area (Å²) < 4.78 is 40.5. The number of aryl methyl sites for hydroxylation is 2. The Kier molecular flexibility index (Phi) is 2.33. The maximum atomic E-state index is 13.2. The van der Waals surface area contributed by atoms with E-state index in [1.807, 2.05) is 6.07 Å². The summed E-state index contributed by atoms with van der Waals surface area (Å²) in [5, 5.41) is 12.9. The maximum Gasteiger partial charge on any atom is 0.433 e. The molecule has 7 heteroatoms. The molecule has 0 bridgehead atoms. The number of rotatable bonds is 0. The van der Waals surface area contributed by atoms with Crippen LogP contribution >= 0.6 is 0 Å². The lowest BCUT2D eigenvalue weighted by molar-refractivity contribution is -0.143. The van der Waals surface area contributed by atoms with Crippen molar-refractivity contribution >= 4 is 5.65 Å². The number of nitrogens with zero attached hydrogens (tertiary/aromatic N) is 4. The smallest absolute Gasteiger partial charge is 0.232 e. The van der Waals surface area contributed by atoms with E-state index in [0.29, 0.717) is 25.0 Å². The van der Waals surface area contributed by atoms with Crippen LogP contribution in [0.15, 0.2) is 0 Å². The van der Waals surface area contributed by atoms with Crippen LogP contribution in [0.1, 0.15) is 34.6 Å². The van der Waals surface area contributed by atoms with Gasteiger partial charge < -0.3 is 0 Å². The van der Waals surface area contributed by atoms with Crippen molar-refractivity contribution in [3.05, 3.63) is 28.2 Å². The van der Waals surface area contributed by atoms with Crippen molar-refractivity contribution in [2.24, 2.45) is 0 Å². The van der Waals surface area contributed by atoms with Gasteiger partial charge >= 0.3 is 6.18 Å². The molecule has 2 aromatic heterocycles. The Morgan fingerprint density at radius 2 is 2.05 bits per heavy atom. The molecule has 3 rings (SSSR count). The predicted molar refractivity (Wildman–Crippen MR) is 59.5 cm³/mol. The van der Waals surface area contributed by atoms with E-state index in [4.69, 9.17) is 5.26 Å². The summed E-state index contributed by atoms with van der Waals surface area (Å²) in [6.45, 7) is 1.51. The van der Waals surface area contributed by atoms with E-state index in [9.17, 15) is 13.2 Å². The second kappa shape index (κ2) is 3.70. The molecule has 0 spiro atoms. The summed E-state index contributed by atoms with van der Waals surface area (Å²) in [7, 11) is 0. The van der Waals surface area contributed by atoms with Gasteiger partial charge in [0.25, 0.3) is 0 Å². The number of hydrogen-bond acceptors (Lipinski definition) is 3. The molecule has 0 unspecified atom stereocenters. The monoisotopic (exact) mass is 266 g/mol. The Hall–Kier alpha value is -2.10. The number of alkyl halides is 3. The highest BCUT2D eigenvalue weighted by Gasteiger charge is 2.40. The fourth-order valence-corrected chi connectivity index (χ4v) is 2.56. The van der Waals surface area contributed by atoms with Crippen molar-refractivity contribution in [3.63, 3.8) is 0 Å². The third-order valence-electron chi connectivity index (χ3n) is 3.34. The van der Waals surface area contributed by atoms with E-state index in [-0.39, 0.29) is 22.5 Å². The van der Waals surface area contributed by atoms with Gasteiger partial charge in [-0.3, -0.25) is 0 Å². The lowest BCUT2D eigenvalue weighted by Gasteiger charge is -2.13. The Labute approximate surface area is 106 Å². The van der Waals surface area contributed by atoms with E-state index in [0.717, 1.165) is 4.52 Å². The molecule has 0 atom stereocenters. The molecule has 1 aliphatic rings. The van der Waals surface area contributed by atoms with Crippen LogP contribution in [0.3, 0.4) is 0 Å². The van der Waals surface area contributed by atoms with Crippen molar-refractivity contribution in [2.75, 3.05) is 0 Å². The summed E-state index contributed by atoms with van der Waals surface area (Å²) in [5.74, 6) is 0. The first-order valence-electron chi connectivity index (χ1n) is 5.82. The van der Waals surface area contributed by atoms with E-state index in [1.165, 1.54) is 6.92 Å². The van der Waals surface area contributed by atoms with E-state index >= 15 is 0 Å². The molecular formula is C12H9F3N4. The zero-order chi connectivity index (χ0) is 13.8. The first-order valence-corrected chi connectivity index (χ1v) is 5.82. The van der Waals surface area contributed by atoms with E-state index < -0.39 is 11.9 Å². The summed E-state index contributed by atoms with van der Waals surface area (Å²) in [5.41, 5.74) is 0.259. The largest absolute Gasteiger partial charge is 0.433 e. The van der Waals surface area contributed by atoms with Crippen LogP contribution < -0.4 is 0 Å². The van der Waals surface area contributed by atoms with Gasteiger partial charge in [-0.05, 0) is 26.2 Å². The van der Waals surface area contributed by atoms with Crippen molar-refractivity contribution in [3.8, 4) is 6.07 Å². The molecular weight excluding hydrogens is 257 g/mol. The van der Waals surface area contributed by atoms with Gasteiger partial charge in [-0.2, -0.15) is 23.5 Å². The molecule has 0 N–H and O–H groups in total. The number of fused-ring (bicyclic) bond motifs is 2. The highest BCUT2D eigenvalue weighted by Crippen LogP contribution is 2.37. The quantitative estimate of drug-likeness (QED) is 0.735. The van der Waals surface area contributed by atoms with Crippen LogP contribution in [0.4, 0.5) is 13.2 Å². The fourth-order valence-electron chi connectivity index (χ4n) is 2.56. The Morgan fingerprint density at radius 1 is 1.32 bits per heavy atom. The molecule has 2 aromatic rings. The van der Waals surface area contributed by atoms with Gasteiger partial charge in [-0.1, -0.05) is 0 Å². The minimum atomic E-state index is -4.50. The van der Waals surface area contributed by atoms with Crippen molar-refractivity contribution < 1.29 is 13.2 Å². The zero-order valence-corrected chi connectivity index (χ0v) is 10.0. The van der Waals surface area contributed by atoms with Gasteiger partial charge in [0.05, 0.1) is 5.69 Å². The molecule has 0 saturated carbocycles. The molecule has 98 valence electrons. The average molecular weight is 266 g/mol. The zero-order valence-electron chi connectivity index (χ0n) is 10.0. The van der Waals surface area contributed by atoms with Crippen LogP contribution in [0, 0.1) is 18.3 Å². The Bertz CT molecular complexity index is 721. The van der Waals surface area contributed by atoms with Gasteiger partial charge in [-0.25, -0.2) is 9.50 Å². The minimum Gasteiger partial charge on any atom is -0.232 e. The van der Waals surface area contributed by atoms with Crippen LogP contribution in [0.2, 0.25) is 0 Å². The highest BCUT2D eigenvalue weighted by atomic mass is 19.4. The topological polar surface area (TPSA) is 54.0 Å². The lowest BCUT2D eigenvalue weighted by atomic mass is 10.1. The van der Waals surface area contributed by atoms with Crippen LogP contribution in [-0.4, -0.2) is 14.6 Å². The molecule has 1 aliphatic carbocycles. The van der Waals surface area contributed by atoms with Crippen molar-refractivity contribution in [1.82, 2.24) is 14.6 Å². The van der Waals surface area contributed by atoms with Crippen LogP contribution in [0.5, 0.6) is 0 Å². The molecule has 0 aliphatic heterocycles. The molecule has 2 heterocycles. The summed E-state index contributed by atoms with van der Waals surface area (Å²) >= 11 is 0. The summed E-state index contributed by atoms with van der Waals surface area (Å²) in [6.07, 6.45) is -2.97. The van der Waals surface area contributed by atoms with Crippen LogP contribution in [0.25, 0.3) is 5.65 Å². The Morgan fingerprint density at radius 3 is 2.68 bits per heavy atom. The first kappa shape index (κ1) is 12.0. The van der Waals surface area contributed by atoms with Gasteiger partial charge in [0.2, 0.25) is 0 Å². The van der Waals surface area contributed by atoms with E-state index in [2.05, 4.69) is 10.1 Å². The lowest BCUT2D eigenvalue weighted by Crippen LogP contribution is -2.17. The Balaban J connectivity index is 2.48. The van der Waals surface area contributed by atoms with Gasteiger partial charge in [0, 0.05) is 11.3 Å². The van der Waals surface area contributed by atoms with Gasteiger partial charge in [0.1, 0.15) is 11.6 Å². The van der Waals surface area contributed by atoms with Gasteiger partial charge in [-0.15, -0.1) is 0 Å².